The Balaban J connectivity index is 1.68. The summed E-state index contributed by atoms with van der Waals surface area (Å²) in [4.78, 5) is 12.6. The lowest BCUT2D eigenvalue weighted by molar-refractivity contribution is -0.127. The molecule has 1 saturated carbocycles. The molecule has 1 fully saturated rings. The van der Waals surface area contributed by atoms with Gasteiger partial charge in [0, 0.05) is 17.5 Å². The van der Waals surface area contributed by atoms with Gasteiger partial charge in [-0.1, -0.05) is 49.2 Å². The number of carbonyl (C=O) groups excluding carboxylic acids is 1. The number of rotatable bonds is 7. The third kappa shape index (κ3) is 4.01. The quantitative estimate of drug-likeness (QED) is 0.815. The van der Waals surface area contributed by atoms with Crippen LogP contribution in [0, 0.1) is 0 Å². The first kappa shape index (κ1) is 18.3. The molecule has 1 N–H and O–H groups in total. The van der Waals surface area contributed by atoms with Crippen LogP contribution in [-0.4, -0.2) is 25.7 Å². The van der Waals surface area contributed by atoms with Crippen molar-refractivity contribution in [2.24, 2.45) is 0 Å². The molecule has 3 rings (SSSR count). The van der Waals surface area contributed by atoms with Crippen molar-refractivity contribution in [1.82, 2.24) is 5.32 Å². The Morgan fingerprint density at radius 1 is 1.08 bits per heavy atom. The fourth-order valence-electron chi connectivity index (χ4n) is 3.83. The van der Waals surface area contributed by atoms with Crippen LogP contribution in [0.4, 0.5) is 0 Å². The molecule has 2 aromatic carbocycles. The van der Waals surface area contributed by atoms with Gasteiger partial charge in [0.2, 0.25) is 0 Å². The van der Waals surface area contributed by atoms with E-state index in [1.807, 2.05) is 48.5 Å². The van der Waals surface area contributed by atoms with Crippen LogP contribution >= 0.6 is 0 Å². The zero-order valence-corrected chi connectivity index (χ0v) is 15.5. The summed E-state index contributed by atoms with van der Waals surface area (Å²) in [6, 6.07) is 17.6. The van der Waals surface area contributed by atoms with Gasteiger partial charge in [-0.3, -0.25) is 4.79 Å². The molecule has 0 heterocycles. The first-order valence-corrected chi connectivity index (χ1v) is 9.27. The molecule has 0 bridgehead atoms. The predicted octanol–water partition coefficient (Wildman–Crippen LogP) is 4.09. The van der Waals surface area contributed by atoms with Crippen molar-refractivity contribution in [2.45, 2.75) is 44.1 Å². The number of benzene rings is 2. The number of carbonyl (C=O) groups is 1. The summed E-state index contributed by atoms with van der Waals surface area (Å²) in [7, 11) is 1.70. The van der Waals surface area contributed by atoms with Crippen LogP contribution in [0.5, 0.6) is 11.5 Å². The van der Waals surface area contributed by atoms with Gasteiger partial charge in [0.1, 0.15) is 11.5 Å². The first-order chi connectivity index (χ1) is 12.6. The third-order valence-corrected chi connectivity index (χ3v) is 5.27. The fourth-order valence-corrected chi connectivity index (χ4v) is 3.83. The van der Waals surface area contributed by atoms with Crippen LogP contribution in [0.1, 0.15) is 38.2 Å². The van der Waals surface area contributed by atoms with Crippen LogP contribution in [0.3, 0.4) is 0 Å². The smallest absolute Gasteiger partial charge is 0.260 e. The highest BCUT2D eigenvalue weighted by Crippen LogP contribution is 2.44. The molecule has 1 atom stereocenters. The molecule has 0 aliphatic heterocycles. The van der Waals surface area contributed by atoms with Gasteiger partial charge in [0.15, 0.2) is 6.10 Å². The van der Waals surface area contributed by atoms with E-state index in [9.17, 15) is 4.79 Å². The molecule has 1 aliphatic rings. The number of nitrogens with one attached hydrogen (secondary N) is 1. The number of methoxy groups -OCH3 is 1. The summed E-state index contributed by atoms with van der Waals surface area (Å²) < 4.78 is 11.3. The summed E-state index contributed by atoms with van der Waals surface area (Å²) in [5.74, 6) is 1.52. The molecular weight excluding hydrogens is 326 g/mol. The zero-order chi connectivity index (χ0) is 18.4. The van der Waals surface area contributed by atoms with Crippen LogP contribution in [-0.2, 0) is 10.2 Å². The first-order valence-electron chi connectivity index (χ1n) is 9.27. The monoisotopic (exact) mass is 353 g/mol. The van der Waals surface area contributed by atoms with E-state index in [-0.39, 0.29) is 11.3 Å². The van der Waals surface area contributed by atoms with Crippen molar-refractivity contribution in [3.8, 4) is 11.5 Å². The average molecular weight is 353 g/mol. The van der Waals surface area contributed by atoms with Gasteiger partial charge in [-0.05, 0) is 38.0 Å². The largest absolute Gasteiger partial charge is 0.496 e. The highest BCUT2D eigenvalue weighted by atomic mass is 16.5. The Morgan fingerprint density at radius 3 is 2.42 bits per heavy atom. The number of hydrogen-bond acceptors (Lipinski definition) is 3. The molecule has 26 heavy (non-hydrogen) atoms. The van der Waals surface area contributed by atoms with E-state index >= 15 is 0 Å². The molecule has 0 radical (unpaired) electrons. The highest BCUT2D eigenvalue weighted by Gasteiger charge is 2.38. The van der Waals surface area contributed by atoms with Gasteiger partial charge < -0.3 is 14.8 Å². The van der Waals surface area contributed by atoms with E-state index in [4.69, 9.17) is 9.47 Å². The van der Waals surface area contributed by atoms with Crippen molar-refractivity contribution in [2.75, 3.05) is 13.7 Å². The van der Waals surface area contributed by atoms with Crippen LogP contribution < -0.4 is 14.8 Å². The summed E-state index contributed by atoms with van der Waals surface area (Å²) in [6.45, 7) is 2.39. The van der Waals surface area contributed by atoms with Crippen molar-refractivity contribution >= 4 is 5.91 Å². The van der Waals surface area contributed by atoms with E-state index in [1.54, 1.807) is 14.0 Å². The predicted molar refractivity (Wildman–Crippen MR) is 103 cm³/mol. The van der Waals surface area contributed by atoms with Gasteiger partial charge in [0.05, 0.1) is 7.11 Å². The molecule has 1 aliphatic carbocycles. The van der Waals surface area contributed by atoms with E-state index in [0.29, 0.717) is 12.3 Å². The Morgan fingerprint density at radius 2 is 1.73 bits per heavy atom. The lowest BCUT2D eigenvalue weighted by Crippen LogP contribution is -2.44. The van der Waals surface area contributed by atoms with Crippen molar-refractivity contribution in [3.63, 3.8) is 0 Å². The van der Waals surface area contributed by atoms with Crippen molar-refractivity contribution < 1.29 is 14.3 Å². The van der Waals surface area contributed by atoms with Crippen molar-refractivity contribution in [3.05, 3.63) is 60.2 Å². The summed E-state index contributed by atoms with van der Waals surface area (Å²) in [5.41, 5.74) is 1.13. The molecule has 0 saturated heterocycles. The van der Waals surface area contributed by atoms with E-state index in [1.165, 1.54) is 18.4 Å². The molecule has 0 spiro atoms. The molecule has 4 nitrogen and oxygen atoms in total. The van der Waals surface area contributed by atoms with Gasteiger partial charge in [-0.25, -0.2) is 0 Å². The summed E-state index contributed by atoms with van der Waals surface area (Å²) in [6.07, 6.45) is 3.92. The number of hydrogen-bond donors (Lipinski definition) is 1. The second-order valence-corrected chi connectivity index (χ2v) is 6.98. The van der Waals surface area contributed by atoms with Crippen molar-refractivity contribution in [1.29, 1.82) is 0 Å². The molecule has 1 amide bonds. The molecule has 4 heteroatoms. The van der Waals surface area contributed by atoms with Gasteiger partial charge in [0.25, 0.3) is 5.91 Å². The minimum atomic E-state index is -0.534. The molecule has 2 aromatic rings. The SMILES string of the molecule is COc1ccccc1C1(CNC(=O)C(C)Oc2ccccc2)CCCC1. The van der Waals surface area contributed by atoms with Crippen LogP contribution in [0.25, 0.3) is 0 Å². The maximum absolute atomic E-state index is 12.6. The van der Waals surface area contributed by atoms with Gasteiger partial charge in [-0.2, -0.15) is 0 Å². The standard InChI is InChI=1S/C22H27NO3/c1-17(26-18-10-4-3-5-11-18)21(24)23-16-22(14-8-9-15-22)19-12-6-7-13-20(19)25-2/h3-7,10-13,17H,8-9,14-16H2,1-2H3,(H,23,24). The van der Waals surface area contributed by atoms with E-state index in [2.05, 4.69) is 11.4 Å². The second kappa shape index (κ2) is 8.26. The highest BCUT2D eigenvalue weighted by molar-refractivity contribution is 5.80. The Hall–Kier alpha value is -2.49. The molecular formula is C22H27NO3. The zero-order valence-electron chi connectivity index (χ0n) is 15.5. The lowest BCUT2D eigenvalue weighted by Gasteiger charge is -2.31. The number of amides is 1. The number of ether oxygens (including phenoxy) is 2. The molecule has 138 valence electrons. The minimum Gasteiger partial charge on any atom is -0.496 e. The summed E-state index contributed by atoms with van der Waals surface area (Å²) in [5, 5.41) is 3.12. The molecule has 0 aromatic heterocycles. The van der Waals surface area contributed by atoms with Gasteiger partial charge in [-0.15, -0.1) is 0 Å². The average Bonchev–Trinajstić information content (AvgIpc) is 3.17. The Kier molecular flexibility index (Phi) is 5.82. The fraction of sp³-hybridized carbons (Fsp3) is 0.409. The van der Waals surface area contributed by atoms with E-state index in [0.717, 1.165) is 18.6 Å². The third-order valence-electron chi connectivity index (χ3n) is 5.27. The van der Waals surface area contributed by atoms with E-state index < -0.39 is 6.10 Å². The lowest BCUT2D eigenvalue weighted by atomic mass is 9.78. The summed E-state index contributed by atoms with van der Waals surface area (Å²) >= 11 is 0. The maximum Gasteiger partial charge on any atom is 0.260 e. The maximum atomic E-state index is 12.6. The number of para-hydroxylation sites is 2. The Bertz CT molecular complexity index is 723. The second-order valence-electron chi connectivity index (χ2n) is 6.98. The molecule has 1 unspecified atom stereocenters. The van der Waals surface area contributed by atoms with Gasteiger partial charge >= 0.3 is 0 Å². The normalized spacial score (nSPS) is 16.7. The minimum absolute atomic E-state index is 0.0608. The van der Waals surface area contributed by atoms with Crippen LogP contribution in [0.15, 0.2) is 54.6 Å². The Labute approximate surface area is 155 Å². The topological polar surface area (TPSA) is 47.6 Å². The van der Waals surface area contributed by atoms with Crippen LogP contribution in [0.2, 0.25) is 0 Å².